The van der Waals surface area contributed by atoms with Gasteiger partial charge in [-0.25, -0.2) is 0 Å². The van der Waals surface area contributed by atoms with Crippen LogP contribution in [0, 0.1) is 0 Å². The van der Waals surface area contributed by atoms with Crippen molar-refractivity contribution in [1.29, 1.82) is 0 Å². The van der Waals surface area contributed by atoms with Gasteiger partial charge in [0.05, 0.1) is 6.26 Å². The van der Waals surface area contributed by atoms with E-state index in [4.69, 9.17) is 4.42 Å². The maximum atomic E-state index is 10.4. The van der Waals surface area contributed by atoms with Crippen molar-refractivity contribution in [2.45, 2.75) is 0 Å². The predicted octanol–water partition coefficient (Wildman–Crippen LogP) is -5.03. The van der Waals surface area contributed by atoms with Crippen LogP contribution in [0.1, 0.15) is 5.76 Å². The molecule has 0 aromatic carbocycles. The zero-order valence-electron chi connectivity index (χ0n) is 8.02. The molecular weight excluding hydrogens is 215 g/mol. The van der Waals surface area contributed by atoms with Gasteiger partial charge in [-0.3, -0.25) is 4.79 Å². The average molecular weight is 224 g/mol. The van der Waals surface area contributed by atoms with Crippen LogP contribution in [0.15, 0.2) is 28.9 Å². The molecule has 1 aromatic rings. The normalized spacial score (nSPS) is 8.27. The number of carboxylic acids is 1. The van der Waals surface area contributed by atoms with E-state index >= 15 is 0 Å². The molecule has 6 nitrogen and oxygen atoms in total. The maximum Gasteiger partial charge on any atom is 1.00 e. The Kier molecular flexibility index (Phi) is 12.6. The van der Waals surface area contributed by atoms with Crippen molar-refractivity contribution in [3.8, 4) is 0 Å². The second-order valence-electron chi connectivity index (χ2n) is 2.00. The molecule has 0 aliphatic carbocycles. The number of carbonyl (C=O) groups excluding carboxylic acids is 2. The number of furan rings is 1. The molecule has 0 fully saturated rings. The van der Waals surface area contributed by atoms with Crippen LogP contribution in [0.2, 0.25) is 0 Å². The van der Waals surface area contributed by atoms with Crippen molar-refractivity contribution >= 4 is 17.8 Å². The SMILES string of the molecule is O.O.O=C([O-])C(=O)/C=C/c1ccco1.[Na+]. The molecular formula is C8H9NaO6. The molecule has 1 aromatic heterocycles. The fraction of sp³-hybridized carbons (Fsp3) is 0. The molecule has 0 saturated carbocycles. The third kappa shape index (κ3) is 7.06. The zero-order valence-corrected chi connectivity index (χ0v) is 10.0. The Morgan fingerprint density at radius 1 is 1.33 bits per heavy atom. The minimum absolute atomic E-state index is 0. The summed E-state index contributed by atoms with van der Waals surface area (Å²) in [5.74, 6) is -2.38. The van der Waals surface area contributed by atoms with Crippen molar-refractivity contribution in [1.82, 2.24) is 0 Å². The summed E-state index contributed by atoms with van der Waals surface area (Å²) in [5, 5.41) is 9.92. The monoisotopic (exact) mass is 224 g/mol. The van der Waals surface area contributed by atoms with E-state index in [0.29, 0.717) is 5.76 Å². The Labute approximate surface area is 107 Å². The summed E-state index contributed by atoms with van der Waals surface area (Å²) in [7, 11) is 0. The molecule has 0 amide bonds. The van der Waals surface area contributed by atoms with Crippen LogP contribution in [0.5, 0.6) is 0 Å². The number of rotatable bonds is 3. The van der Waals surface area contributed by atoms with E-state index in [1.54, 1.807) is 12.1 Å². The first-order chi connectivity index (χ1) is 5.70. The van der Waals surface area contributed by atoms with E-state index in [-0.39, 0.29) is 40.5 Å². The van der Waals surface area contributed by atoms with Gasteiger partial charge in [0.15, 0.2) is 0 Å². The second kappa shape index (κ2) is 9.63. The van der Waals surface area contributed by atoms with Crippen LogP contribution in [0.25, 0.3) is 6.08 Å². The predicted molar refractivity (Wildman–Crippen MR) is 45.0 cm³/mol. The number of aliphatic carboxylic acids is 1. The molecule has 0 aliphatic heterocycles. The van der Waals surface area contributed by atoms with Gasteiger partial charge in [0.2, 0.25) is 5.78 Å². The molecule has 0 bridgehead atoms. The first kappa shape index (κ1) is 19.6. The Morgan fingerprint density at radius 3 is 2.33 bits per heavy atom. The van der Waals surface area contributed by atoms with Gasteiger partial charge >= 0.3 is 29.6 Å². The molecule has 4 N–H and O–H groups in total. The molecule has 1 rings (SSSR count). The molecule has 78 valence electrons. The molecule has 15 heavy (non-hydrogen) atoms. The van der Waals surface area contributed by atoms with E-state index in [9.17, 15) is 14.7 Å². The topological polar surface area (TPSA) is 133 Å². The zero-order chi connectivity index (χ0) is 8.97. The summed E-state index contributed by atoms with van der Waals surface area (Å²) in [6.07, 6.45) is 3.56. The molecule has 0 radical (unpaired) electrons. The average Bonchev–Trinajstić information content (AvgIpc) is 2.51. The van der Waals surface area contributed by atoms with Gasteiger partial charge in [-0.1, -0.05) is 0 Å². The van der Waals surface area contributed by atoms with E-state index in [2.05, 4.69) is 0 Å². The van der Waals surface area contributed by atoms with Gasteiger partial charge in [-0.05, 0) is 24.3 Å². The van der Waals surface area contributed by atoms with Gasteiger partial charge in [-0.2, -0.15) is 0 Å². The number of hydrogen-bond donors (Lipinski definition) is 0. The third-order valence-electron chi connectivity index (χ3n) is 1.14. The van der Waals surface area contributed by atoms with Gasteiger partial charge in [-0.15, -0.1) is 0 Å². The number of carbonyl (C=O) groups is 2. The fourth-order valence-corrected chi connectivity index (χ4v) is 0.612. The van der Waals surface area contributed by atoms with Crippen molar-refractivity contribution in [2.24, 2.45) is 0 Å². The first-order valence-corrected chi connectivity index (χ1v) is 3.17. The molecule has 0 unspecified atom stereocenters. The van der Waals surface area contributed by atoms with Crippen LogP contribution in [-0.4, -0.2) is 22.7 Å². The van der Waals surface area contributed by atoms with Gasteiger partial charge in [0, 0.05) is 0 Å². The largest absolute Gasteiger partial charge is 1.00 e. The van der Waals surface area contributed by atoms with Crippen molar-refractivity contribution in [3.05, 3.63) is 30.2 Å². The summed E-state index contributed by atoms with van der Waals surface area (Å²) in [4.78, 5) is 20.4. The van der Waals surface area contributed by atoms with Crippen LogP contribution >= 0.6 is 0 Å². The Bertz CT molecular complexity index is 316. The van der Waals surface area contributed by atoms with Crippen LogP contribution in [0.4, 0.5) is 0 Å². The quantitative estimate of drug-likeness (QED) is 0.288. The van der Waals surface area contributed by atoms with Gasteiger partial charge < -0.3 is 25.3 Å². The third-order valence-corrected chi connectivity index (χ3v) is 1.14. The smallest absolute Gasteiger partial charge is 0.541 e. The number of carboxylic acid groups (broad SMARTS) is 1. The molecule has 0 saturated heterocycles. The Hall–Kier alpha value is -0.920. The molecule has 0 aliphatic rings. The van der Waals surface area contributed by atoms with E-state index in [1.807, 2.05) is 0 Å². The van der Waals surface area contributed by atoms with E-state index in [0.717, 1.165) is 6.08 Å². The molecule has 1 heterocycles. The van der Waals surface area contributed by atoms with Gasteiger partial charge in [0.25, 0.3) is 0 Å². The number of ketones is 1. The molecule has 7 heteroatoms. The Morgan fingerprint density at radius 2 is 1.93 bits per heavy atom. The maximum absolute atomic E-state index is 10.4. The summed E-state index contributed by atoms with van der Waals surface area (Å²) >= 11 is 0. The van der Waals surface area contributed by atoms with E-state index in [1.165, 1.54) is 12.3 Å². The van der Waals surface area contributed by atoms with Crippen LogP contribution < -0.4 is 34.7 Å². The minimum Gasteiger partial charge on any atom is -0.541 e. The number of hydrogen-bond acceptors (Lipinski definition) is 4. The van der Waals surface area contributed by atoms with E-state index < -0.39 is 11.8 Å². The molecule has 0 spiro atoms. The summed E-state index contributed by atoms with van der Waals surface area (Å²) in [6.45, 7) is 0. The molecule has 0 atom stereocenters. The fourth-order valence-electron chi connectivity index (χ4n) is 0.612. The minimum atomic E-state index is -1.72. The van der Waals surface area contributed by atoms with Crippen molar-refractivity contribution in [3.63, 3.8) is 0 Å². The standard InChI is InChI=1S/C8H6O4.Na.2H2O/c9-7(8(10)11)4-3-6-2-1-5-12-6;;;/h1-5H,(H,10,11);;2*1H2/q;+1;;/p-1/b4-3+;;;. The second-order valence-corrected chi connectivity index (χ2v) is 2.00. The van der Waals surface area contributed by atoms with Crippen molar-refractivity contribution < 1.29 is 59.6 Å². The first-order valence-electron chi connectivity index (χ1n) is 3.17. The summed E-state index contributed by atoms with van der Waals surface area (Å²) in [5.41, 5.74) is 0. The van der Waals surface area contributed by atoms with Crippen molar-refractivity contribution in [2.75, 3.05) is 0 Å². The summed E-state index contributed by atoms with van der Waals surface area (Å²) < 4.78 is 4.81. The Balaban J connectivity index is -0.000000480. The van der Waals surface area contributed by atoms with Crippen LogP contribution in [-0.2, 0) is 9.59 Å². The van der Waals surface area contributed by atoms with Gasteiger partial charge in [0.1, 0.15) is 11.7 Å². The summed E-state index contributed by atoms with van der Waals surface area (Å²) in [6, 6.07) is 3.22. The van der Waals surface area contributed by atoms with Crippen LogP contribution in [0.3, 0.4) is 0 Å².